The number of rotatable bonds is 4. The fraction of sp³-hybridized carbons (Fsp3) is 0.0192. The van der Waals surface area contributed by atoms with E-state index in [2.05, 4.69) is 150 Å². The Bertz CT molecular complexity index is 3100. The predicted molar refractivity (Wildman–Crippen MR) is 229 cm³/mol. The zero-order valence-corrected chi connectivity index (χ0v) is 30.7. The number of furan rings is 1. The van der Waals surface area contributed by atoms with Crippen molar-refractivity contribution in [1.82, 2.24) is 15.0 Å². The highest BCUT2D eigenvalue weighted by atomic mass is 16.3. The van der Waals surface area contributed by atoms with E-state index in [-0.39, 0.29) is 0 Å². The van der Waals surface area contributed by atoms with Crippen LogP contribution in [0, 0.1) is 0 Å². The highest BCUT2D eigenvalue weighted by Gasteiger charge is 2.52. The van der Waals surface area contributed by atoms with Crippen molar-refractivity contribution in [1.29, 1.82) is 0 Å². The summed E-state index contributed by atoms with van der Waals surface area (Å²) in [5.74, 6) is 1.78. The number of benzene rings is 8. The Balaban J connectivity index is 1.17. The molecule has 57 heavy (non-hydrogen) atoms. The number of nitrogens with zero attached hydrogens (tertiary/aromatic N) is 4. The molecule has 0 atom stereocenters. The molecule has 0 fully saturated rings. The summed E-state index contributed by atoms with van der Waals surface area (Å²) in [7, 11) is 0. The van der Waals surface area contributed by atoms with E-state index in [0.717, 1.165) is 61.1 Å². The van der Waals surface area contributed by atoms with E-state index in [1.165, 1.54) is 27.8 Å². The first kappa shape index (κ1) is 31.7. The van der Waals surface area contributed by atoms with E-state index >= 15 is 0 Å². The van der Waals surface area contributed by atoms with Crippen molar-refractivity contribution in [2.24, 2.45) is 0 Å². The molecule has 0 unspecified atom stereocenters. The molecule has 0 saturated heterocycles. The summed E-state index contributed by atoms with van der Waals surface area (Å²) in [5, 5.41) is 2.22. The summed E-state index contributed by atoms with van der Waals surface area (Å²) in [6.07, 6.45) is 0. The van der Waals surface area contributed by atoms with Crippen LogP contribution >= 0.6 is 0 Å². The minimum atomic E-state index is -0.589. The van der Waals surface area contributed by atoms with Gasteiger partial charge in [0, 0.05) is 21.9 Å². The maximum Gasteiger partial charge on any atom is 0.238 e. The monoisotopic (exact) mass is 728 g/mol. The summed E-state index contributed by atoms with van der Waals surface area (Å²) >= 11 is 0. The molecule has 0 N–H and O–H groups in total. The lowest BCUT2D eigenvalue weighted by atomic mass is 9.64. The van der Waals surface area contributed by atoms with Gasteiger partial charge in [-0.25, -0.2) is 4.98 Å². The van der Waals surface area contributed by atoms with E-state index in [4.69, 9.17) is 19.4 Å². The fourth-order valence-corrected chi connectivity index (χ4v) is 9.31. The standard InChI is InChI=1S/C52H32N4O/c1-3-15-33(16-4-1)49-53-50(34-17-5-2-6-18-34)55-51(54-49)56-45-25-13-12-24-43(45)52(41-22-10-7-19-37(41)38-20-8-11-23-42(38)52)44-30-28-35(31-46(44)56)36-27-29-40-39-21-9-14-26-47(39)57-48(40)32-36/h1-32H. The second-order valence-electron chi connectivity index (χ2n) is 14.7. The van der Waals surface area contributed by atoms with Crippen molar-refractivity contribution < 1.29 is 4.42 Å². The topological polar surface area (TPSA) is 55.1 Å². The number of para-hydroxylation sites is 2. The Morgan fingerprint density at radius 3 is 1.60 bits per heavy atom. The quantitative estimate of drug-likeness (QED) is 0.181. The predicted octanol–water partition coefficient (Wildman–Crippen LogP) is 12.9. The van der Waals surface area contributed by atoms with E-state index in [0.29, 0.717) is 17.6 Å². The van der Waals surface area contributed by atoms with Gasteiger partial charge in [-0.05, 0) is 74.8 Å². The number of fused-ring (bicyclic) bond motifs is 12. The lowest BCUT2D eigenvalue weighted by molar-refractivity contribution is 0.669. The van der Waals surface area contributed by atoms with Gasteiger partial charge in [0.15, 0.2) is 11.6 Å². The largest absolute Gasteiger partial charge is 0.456 e. The molecule has 8 aromatic carbocycles. The van der Waals surface area contributed by atoms with Crippen molar-refractivity contribution in [2.75, 3.05) is 4.90 Å². The minimum absolute atomic E-state index is 0.552. The molecule has 5 heteroatoms. The van der Waals surface area contributed by atoms with Crippen LogP contribution in [0.4, 0.5) is 17.3 Å². The Hall–Kier alpha value is -7.63. The molecule has 1 spiro atoms. The lowest BCUT2D eigenvalue weighted by Crippen LogP contribution is -2.36. The first-order chi connectivity index (χ1) is 28.3. The van der Waals surface area contributed by atoms with Crippen LogP contribution < -0.4 is 4.90 Å². The molecule has 12 rings (SSSR count). The summed E-state index contributed by atoms with van der Waals surface area (Å²) in [4.78, 5) is 17.9. The average molecular weight is 729 g/mol. The first-order valence-corrected chi connectivity index (χ1v) is 19.3. The van der Waals surface area contributed by atoms with Crippen LogP contribution in [0.3, 0.4) is 0 Å². The molecule has 0 radical (unpaired) electrons. The van der Waals surface area contributed by atoms with Gasteiger partial charge < -0.3 is 4.42 Å². The van der Waals surface area contributed by atoms with Gasteiger partial charge in [0.2, 0.25) is 5.95 Å². The maximum absolute atomic E-state index is 6.39. The minimum Gasteiger partial charge on any atom is -0.456 e. The normalized spacial score (nSPS) is 13.4. The van der Waals surface area contributed by atoms with Crippen LogP contribution in [0.5, 0.6) is 0 Å². The average Bonchev–Trinajstić information content (AvgIpc) is 3.80. The molecule has 0 saturated carbocycles. The van der Waals surface area contributed by atoms with Crippen molar-refractivity contribution in [3.63, 3.8) is 0 Å². The van der Waals surface area contributed by atoms with Crippen LogP contribution in [0.15, 0.2) is 199 Å². The Kier molecular flexibility index (Phi) is 6.78. The third-order valence-corrected chi connectivity index (χ3v) is 11.7. The van der Waals surface area contributed by atoms with E-state index in [9.17, 15) is 0 Å². The summed E-state index contributed by atoms with van der Waals surface area (Å²) in [5.41, 5.74) is 14.5. The Morgan fingerprint density at radius 2 is 0.895 bits per heavy atom. The summed E-state index contributed by atoms with van der Waals surface area (Å²) in [6, 6.07) is 68.6. The lowest BCUT2D eigenvalue weighted by Gasteiger charge is -2.44. The molecule has 1 aliphatic carbocycles. The third-order valence-electron chi connectivity index (χ3n) is 11.7. The van der Waals surface area contributed by atoms with E-state index in [1.807, 2.05) is 48.5 Å². The van der Waals surface area contributed by atoms with Gasteiger partial charge in [-0.1, -0.05) is 164 Å². The molecule has 266 valence electrons. The van der Waals surface area contributed by atoms with Crippen LogP contribution in [-0.4, -0.2) is 15.0 Å². The molecule has 0 amide bonds. The molecule has 2 aliphatic rings. The van der Waals surface area contributed by atoms with Gasteiger partial charge in [-0.2, -0.15) is 9.97 Å². The maximum atomic E-state index is 6.39. The zero-order valence-electron chi connectivity index (χ0n) is 30.7. The van der Waals surface area contributed by atoms with Crippen LogP contribution in [0.1, 0.15) is 22.3 Å². The first-order valence-electron chi connectivity index (χ1n) is 19.3. The Labute approximate surface area is 329 Å². The molecule has 3 heterocycles. The molecule has 1 aliphatic heterocycles. The molecule has 10 aromatic rings. The van der Waals surface area contributed by atoms with Crippen LogP contribution in [0.25, 0.3) is 67.0 Å². The highest BCUT2D eigenvalue weighted by molar-refractivity contribution is 6.06. The molecule has 5 nitrogen and oxygen atoms in total. The SMILES string of the molecule is c1ccc(-c2nc(-c3ccccc3)nc(N3c4ccccc4C4(c5ccccc5-c5ccccc54)c4ccc(-c5ccc6c(c5)oc5ccccc56)cc43)n2)cc1. The van der Waals surface area contributed by atoms with Crippen LogP contribution in [0.2, 0.25) is 0 Å². The smallest absolute Gasteiger partial charge is 0.238 e. The second kappa shape index (κ2) is 12.2. The fourth-order valence-electron chi connectivity index (χ4n) is 9.31. The molecule has 0 bridgehead atoms. The number of hydrogen-bond acceptors (Lipinski definition) is 5. The van der Waals surface area contributed by atoms with Gasteiger partial charge in [-0.3, -0.25) is 4.90 Å². The van der Waals surface area contributed by atoms with Crippen molar-refractivity contribution in [3.05, 3.63) is 216 Å². The number of aromatic nitrogens is 3. The number of hydrogen-bond donors (Lipinski definition) is 0. The third kappa shape index (κ3) is 4.60. The van der Waals surface area contributed by atoms with Crippen LogP contribution in [-0.2, 0) is 5.41 Å². The molecule has 2 aromatic heterocycles. The Morgan fingerprint density at radius 1 is 0.368 bits per heavy atom. The van der Waals surface area contributed by atoms with Gasteiger partial charge in [0.25, 0.3) is 0 Å². The summed E-state index contributed by atoms with van der Waals surface area (Å²) in [6.45, 7) is 0. The van der Waals surface area contributed by atoms with Gasteiger partial charge >= 0.3 is 0 Å². The van der Waals surface area contributed by atoms with Gasteiger partial charge in [-0.15, -0.1) is 0 Å². The van der Waals surface area contributed by atoms with Crippen molar-refractivity contribution >= 4 is 39.3 Å². The van der Waals surface area contributed by atoms with E-state index < -0.39 is 5.41 Å². The van der Waals surface area contributed by atoms with Gasteiger partial charge in [0.05, 0.1) is 16.8 Å². The highest BCUT2D eigenvalue weighted by Crippen LogP contribution is 2.63. The number of anilines is 3. The van der Waals surface area contributed by atoms with Crippen molar-refractivity contribution in [3.8, 4) is 45.0 Å². The summed E-state index contributed by atoms with van der Waals surface area (Å²) < 4.78 is 6.39. The van der Waals surface area contributed by atoms with E-state index in [1.54, 1.807) is 0 Å². The van der Waals surface area contributed by atoms with Gasteiger partial charge in [0.1, 0.15) is 11.2 Å². The van der Waals surface area contributed by atoms with Crippen molar-refractivity contribution in [2.45, 2.75) is 5.41 Å². The zero-order chi connectivity index (χ0) is 37.5. The second-order valence-corrected chi connectivity index (χ2v) is 14.7. The molecular formula is C52H32N4O. The molecular weight excluding hydrogens is 697 g/mol.